The van der Waals surface area contributed by atoms with Gasteiger partial charge in [-0.05, 0) is 47.9 Å². The fourth-order valence-electron chi connectivity index (χ4n) is 2.81. The zero-order chi connectivity index (χ0) is 22.6. The lowest BCUT2D eigenvalue weighted by Crippen LogP contribution is -2.19. The highest BCUT2D eigenvalue weighted by atomic mass is 35.5. The fraction of sp³-hybridized carbons (Fsp3) is 0.200. The Bertz CT molecular complexity index is 1040. The number of hydrogen-bond donors (Lipinski definition) is 1. The summed E-state index contributed by atoms with van der Waals surface area (Å²) in [6.45, 7) is 2.89. The molecule has 0 atom stereocenters. The molecule has 0 saturated heterocycles. The number of carbonyl (C=O) groups excluding carboxylic acids is 1. The Balaban J connectivity index is 1.50. The van der Waals surface area contributed by atoms with E-state index in [1.165, 1.54) is 11.8 Å². The minimum Gasteiger partial charge on any atom is -0.490 e. The summed E-state index contributed by atoms with van der Waals surface area (Å²) >= 11 is 7.61. The minimum absolute atomic E-state index is 0.175. The number of benzene rings is 3. The van der Waals surface area contributed by atoms with Crippen molar-refractivity contribution >= 4 is 35.5 Å². The van der Waals surface area contributed by atoms with Crippen molar-refractivity contribution in [1.82, 2.24) is 5.43 Å². The molecule has 0 radical (unpaired) electrons. The quantitative estimate of drug-likeness (QED) is 0.289. The normalized spacial score (nSPS) is 10.8. The summed E-state index contributed by atoms with van der Waals surface area (Å²) in [4.78, 5) is 12.0. The molecule has 0 spiro atoms. The highest BCUT2D eigenvalue weighted by Crippen LogP contribution is 2.29. The molecule has 3 rings (SSSR count). The number of ether oxygens (including phenoxy) is 2. The topological polar surface area (TPSA) is 59.9 Å². The molecular formula is C25H25ClN2O3S. The molecule has 3 aromatic rings. The lowest BCUT2D eigenvalue weighted by molar-refractivity contribution is -0.118. The Morgan fingerprint density at radius 3 is 2.59 bits per heavy atom. The van der Waals surface area contributed by atoms with E-state index in [-0.39, 0.29) is 5.91 Å². The Labute approximate surface area is 197 Å². The fourth-order valence-corrected chi connectivity index (χ4v) is 3.91. The molecule has 7 heteroatoms. The molecule has 166 valence electrons. The van der Waals surface area contributed by atoms with Gasteiger partial charge in [0.2, 0.25) is 5.91 Å². The Morgan fingerprint density at radius 1 is 1.03 bits per heavy atom. The van der Waals surface area contributed by atoms with Gasteiger partial charge in [0.25, 0.3) is 0 Å². The Kier molecular flexibility index (Phi) is 9.47. The van der Waals surface area contributed by atoms with Crippen LogP contribution < -0.4 is 14.9 Å². The lowest BCUT2D eigenvalue weighted by atomic mass is 10.2. The Hall–Kier alpha value is -2.96. The summed E-state index contributed by atoms with van der Waals surface area (Å²) in [6.07, 6.45) is 1.58. The molecule has 0 bridgehead atoms. The molecule has 5 nitrogen and oxygen atoms in total. The molecule has 0 aromatic heterocycles. The number of halogens is 1. The second-order valence-corrected chi connectivity index (χ2v) is 8.18. The van der Waals surface area contributed by atoms with E-state index in [2.05, 4.69) is 10.5 Å². The molecule has 0 fully saturated rings. The van der Waals surface area contributed by atoms with Gasteiger partial charge in [-0.3, -0.25) is 4.79 Å². The number of amides is 1. The van der Waals surface area contributed by atoms with Gasteiger partial charge in [0.05, 0.1) is 18.6 Å². The molecule has 0 unspecified atom stereocenters. The van der Waals surface area contributed by atoms with Gasteiger partial charge in [-0.15, -0.1) is 11.8 Å². The number of hydrogen-bond acceptors (Lipinski definition) is 5. The summed E-state index contributed by atoms with van der Waals surface area (Å²) in [5, 5.41) is 4.76. The van der Waals surface area contributed by atoms with Gasteiger partial charge in [-0.2, -0.15) is 5.10 Å². The van der Waals surface area contributed by atoms with Crippen LogP contribution in [0.2, 0.25) is 5.02 Å². The van der Waals surface area contributed by atoms with Gasteiger partial charge in [-0.1, -0.05) is 60.1 Å². The van der Waals surface area contributed by atoms with Crippen LogP contribution in [0, 0.1) is 0 Å². The van der Waals surface area contributed by atoms with Gasteiger partial charge in [-0.25, -0.2) is 5.43 Å². The molecule has 0 saturated carbocycles. The number of carbonyl (C=O) groups is 1. The van der Waals surface area contributed by atoms with Crippen LogP contribution in [0.3, 0.4) is 0 Å². The highest BCUT2D eigenvalue weighted by molar-refractivity contribution is 7.99. The van der Waals surface area contributed by atoms with Crippen LogP contribution in [0.5, 0.6) is 11.5 Å². The molecule has 0 aliphatic heterocycles. The summed E-state index contributed by atoms with van der Waals surface area (Å²) in [7, 11) is 0. The maximum absolute atomic E-state index is 12.0. The molecule has 1 amide bonds. The van der Waals surface area contributed by atoms with E-state index in [1.54, 1.807) is 6.21 Å². The molecule has 0 heterocycles. The average Bonchev–Trinajstić information content (AvgIpc) is 2.81. The zero-order valence-corrected chi connectivity index (χ0v) is 19.4. The number of rotatable bonds is 11. The van der Waals surface area contributed by atoms with E-state index < -0.39 is 0 Å². The second-order valence-electron chi connectivity index (χ2n) is 6.79. The third-order valence-electron chi connectivity index (χ3n) is 4.36. The lowest BCUT2D eigenvalue weighted by Gasteiger charge is -2.12. The van der Waals surface area contributed by atoms with Crippen molar-refractivity contribution in [2.24, 2.45) is 5.10 Å². The zero-order valence-electron chi connectivity index (χ0n) is 17.8. The van der Waals surface area contributed by atoms with Crippen molar-refractivity contribution < 1.29 is 14.3 Å². The van der Waals surface area contributed by atoms with Crippen molar-refractivity contribution in [2.75, 3.05) is 12.4 Å². The van der Waals surface area contributed by atoms with Crippen LogP contribution >= 0.6 is 23.4 Å². The van der Waals surface area contributed by atoms with Crippen molar-refractivity contribution in [2.45, 2.75) is 19.3 Å². The van der Waals surface area contributed by atoms with Crippen molar-refractivity contribution in [3.05, 3.63) is 94.5 Å². The summed E-state index contributed by atoms with van der Waals surface area (Å²) < 4.78 is 11.6. The largest absolute Gasteiger partial charge is 0.490 e. The molecule has 32 heavy (non-hydrogen) atoms. The predicted octanol–water partition coefficient (Wildman–Crippen LogP) is 5.70. The molecule has 3 aromatic carbocycles. The van der Waals surface area contributed by atoms with E-state index in [9.17, 15) is 4.79 Å². The van der Waals surface area contributed by atoms with Crippen molar-refractivity contribution in [3.8, 4) is 11.5 Å². The number of hydrazone groups is 1. The number of thioether (sulfide) groups is 1. The summed E-state index contributed by atoms with van der Waals surface area (Å²) in [6, 6.07) is 23.1. The van der Waals surface area contributed by atoms with Gasteiger partial charge in [0.15, 0.2) is 11.5 Å². The minimum atomic E-state index is -0.175. The maximum atomic E-state index is 12.0. The van der Waals surface area contributed by atoms with Crippen LogP contribution in [0.15, 0.2) is 77.9 Å². The molecular weight excluding hydrogens is 444 g/mol. The van der Waals surface area contributed by atoms with Gasteiger partial charge in [0, 0.05) is 10.8 Å². The number of nitrogens with zero attached hydrogens (tertiary/aromatic N) is 1. The van der Waals surface area contributed by atoms with Crippen LogP contribution in [0.4, 0.5) is 0 Å². The molecule has 0 aliphatic rings. The first-order chi connectivity index (χ1) is 15.7. The third-order valence-corrected chi connectivity index (χ3v) is 5.71. The van der Waals surface area contributed by atoms with Gasteiger partial charge in [0.1, 0.15) is 6.61 Å². The Morgan fingerprint density at radius 2 is 1.81 bits per heavy atom. The summed E-state index contributed by atoms with van der Waals surface area (Å²) in [5.41, 5.74) is 5.43. The standard InChI is InChI=1S/C25H25ClN2O3S/c1-2-30-24-14-20(12-13-23(24)31-16-19-8-4-3-5-9-19)15-27-28-25(29)18-32-17-21-10-6-7-11-22(21)26/h3-15H,2,16-18H2,1H3,(H,28,29)/b27-15-. The summed E-state index contributed by atoms with van der Waals surface area (Å²) in [5.74, 6) is 2.07. The average molecular weight is 469 g/mol. The second kappa shape index (κ2) is 12.8. The maximum Gasteiger partial charge on any atom is 0.250 e. The van der Waals surface area contributed by atoms with Crippen LogP contribution in [0.1, 0.15) is 23.6 Å². The SMILES string of the molecule is CCOc1cc(/C=N\NC(=O)CSCc2ccccc2Cl)ccc1OCc1ccccc1. The predicted molar refractivity (Wildman–Crippen MR) is 132 cm³/mol. The molecule has 1 N–H and O–H groups in total. The van der Waals surface area contributed by atoms with E-state index in [0.29, 0.717) is 41.2 Å². The first kappa shape index (κ1) is 23.7. The van der Waals surface area contributed by atoms with Crippen molar-refractivity contribution in [1.29, 1.82) is 0 Å². The first-order valence-corrected chi connectivity index (χ1v) is 11.8. The van der Waals surface area contributed by atoms with Gasteiger partial charge >= 0.3 is 0 Å². The van der Waals surface area contributed by atoms with E-state index in [1.807, 2.05) is 79.7 Å². The van der Waals surface area contributed by atoms with E-state index in [4.69, 9.17) is 21.1 Å². The van der Waals surface area contributed by atoms with Crippen LogP contribution in [-0.4, -0.2) is 24.5 Å². The number of nitrogens with one attached hydrogen (secondary N) is 1. The third kappa shape index (κ3) is 7.62. The smallest absolute Gasteiger partial charge is 0.250 e. The van der Waals surface area contributed by atoms with Crippen LogP contribution in [-0.2, 0) is 17.2 Å². The first-order valence-electron chi connectivity index (χ1n) is 10.2. The molecule has 0 aliphatic carbocycles. The van der Waals surface area contributed by atoms with Crippen molar-refractivity contribution in [3.63, 3.8) is 0 Å². The monoisotopic (exact) mass is 468 g/mol. The van der Waals surface area contributed by atoms with E-state index >= 15 is 0 Å². The van der Waals surface area contributed by atoms with E-state index in [0.717, 1.165) is 16.7 Å². The van der Waals surface area contributed by atoms with Gasteiger partial charge < -0.3 is 9.47 Å². The highest BCUT2D eigenvalue weighted by Gasteiger charge is 2.07. The van der Waals surface area contributed by atoms with Crippen LogP contribution in [0.25, 0.3) is 0 Å².